The molecule has 3 aliphatic rings. The van der Waals surface area contributed by atoms with Crippen LogP contribution in [0.5, 0.6) is 0 Å². The van der Waals surface area contributed by atoms with Crippen molar-refractivity contribution in [3.05, 3.63) is 71.3 Å². The molecule has 3 amide bonds. The molecule has 0 unspecified atom stereocenters. The lowest BCUT2D eigenvalue weighted by molar-refractivity contribution is -0.123. The predicted molar refractivity (Wildman–Crippen MR) is 121 cm³/mol. The predicted octanol–water partition coefficient (Wildman–Crippen LogP) is 3.41. The van der Waals surface area contributed by atoms with Gasteiger partial charge in [0.25, 0.3) is 5.91 Å². The quantitative estimate of drug-likeness (QED) is 0.433. The van der Waals surface area contributed by atoms with Crippen LogP contribution in [0.25, 0.3) is 0 Å². The van der Waals surface area contributed by atoms with Crippen LogP contribution in [0, 0.1) is 37.5 Å². The number of nitrogens with zero attached hydrogens (tertiary/aromatic N) is 1. The molecule has 2 aliphatic carbocycles. The highest BCUT2D eigenvalue weighted by atomic mass is 16.5. The molecule has 7 heteroatoms. The van der Waals surface area contributed by atoms with E-state index in [9.17, 15) is 19.2 Å². The highest BCUT2D eigenvalue weighted by Crippen LogP contribution is 2.53. The summed E-state index contributed by atoms with van der Waals surface area (Å²) in [5, 5.41) is 2.74. The third kappa shape index (κ3) is 3.63. The fourth-order valence-corrected chi connectivity index (χ4v) is 5.17. The monoisotopic (exact) mass is 444 g/mol. The minimum atomic E-state index is -0.657. The number of amides is 3. The second kappa shape index (κ2) is 7.99. The second-order valence-electron chi connectivity index (χ2n) is 9.00. The number of benzene rings is 2. The lowest BCUT2D eigenvalue weighted by Gasteiger charge is -2.17. The van der Waals surface area contributed by atoms with Gasteiger partial charge in [-0.15, -0.1) is 0 Å². The van der Waals surface area contributed by atoms with Gasteiger partial charge in [0.1, 0.15) is 0 Å². The van der Waals surface area contributed by atoms with E-state index in [2.05, 4.69) is 17.5 Å². The van der Waals surface area contributed by atoms with E-state index in [1.807, 2.05) is 32.0 Å². The minimum absolute atomic E-state index is 0.144. The summed E-state index contributed by atoms with van der Waals surface area (Å²) in [4.78, 5) is 51.6. The third-order valence-corrected chi connectivity index (χ3v) is 6.83. The number of anilines is 2. The van der Waals surface area contributed by atoms with Gasteiger partial charge in [-0.3, -0.25) is 19.3 Å². The van der Waals surface area contributed by atoms with E-state index in [0.717, 1.165) is 17.5 Å². The molecule has 1 saturated heterocycles. The Labute approximate surface area is 191 Å². The van der Waals surface area contributed by atoms with E-state index in [0.29, 0.717) is 11.4 Å². The summed E-state index contributed by atoms with van der Waals surface area (Å²) < 4.78 is 5.13. The molecule has 0 radical (unpaired) electrons. The Balaban J connectivity index is 1.21. The van der Waals surface area contributed by atoms with Gasteiger partial charge in [-0.25, -0.2) is 4.79 Å². The van der Waals surface area contributed by atoms with Crippen molar-refractivity contribution < 1.29 is 23.9 Å². The second-order valence-corrected chi connectivity index (χ2v) is 9.00. The van der Waals surface area contributed by atoms with Gasteiger partial charge >= 0.3 is 5.97 Å². The SMILES string of the molecule is Cc1ccc(C)c(NC(=O)COC(=O)c2ccc(N3C(=O)[C@H]4[C@H](C3=O)[C@H]3C=C[C@H]4C3)cc2)c1. The number of carbonyl (C=O) groups is 4. The van der Waals surface area contributed by atoms with Crippen LogP contribution in [0.4, 0.5) is 11.4 Å². The minimum Gasteiger partial charge on any atom is -0.452 e. The zero-order chi connectivity index (χ0) is 23.3. The largest absolute Gasteiger partial charge is 0.452 e. The summed E-state index contributed by atoms with van der Waals surface area (Å²) in [7, 11) is 0. The molecule has 168 valence electrons. The van der Waals surface area contributed by atoms with Crippen molar-refractivity contribution in [1.29, 1.82) is 0 Å². The first-order chi connectivity index (χ1) is 15.8. The van der Waals surface area contributed by atoms with Gasteiger partial charge in [-0.05, 0) is 73.6 Å². The topological polar surface area (TPSA) is 92.8 Å². The maximum Gasteiger partial charge on any atom is 0.338 e. The summed E-state index contributed by atoms with van der Waals surface area (Å²) in [6, 6.07) is 11.8. The van der Waals surface area contributed by atoms with Crippen molar-refractivity contribution >= 4 is 35.1 Å². The van der Waals surface area contributed by atoms with Crippen LogP contribution in [0.15, 0.2) is 54.6 Å². The summed E-state index contributed by atoms with van der Waals surface area (Å²) in [5.41, 5.74) is 3.28. The third-order valence-electron chi connectivity index (χ3n) is 6.83. The number of rotatable bonds is 5. The van der Waals surface area contributed by atoms with E-state index < -0.39 is 18.5 Å². The van der Waals surface area contributed by atoms with E-state index >= 15 is 0 Å². The van der Waals surface area contributed by atoms with Crippen molar-refractivity contribution in [2.45, 2.75) is 20.3 Å². The Morgan fingerprint density at radius 3 is 2.24 bits per heavy atom. The fourth-order valence-electron chi connectivity index (χ4n) is 5.17. The maximum atomic E-state index is 12.9. The average molecular weight is 444 g/mol. The first-order valence-electron chi connectivity index (χ1n) is 11.0. The molecule has 1 heterocycles. The fraction of sp³-hybridized carbons (Fsp3) is 0.308. The van der Waals surface area contributed by atoms with Crippen molar-refractivity contribution in [3.8, 4) is 0 Å². The lowest BCUT2D eigenvalue weighted by atomic mass is 9.85. The van der Waals surface area contributed by atoms with Crippen LogP contribution in [0.3, 0.4) is 0 Å². The number of fused-ring (bicyclic) bond motifs is 5. The van der Waals surface area contributed by atoms with Crippen LogP contribution in [0.2, 0.25) is 0 Å². The molecular formula is C26H24N2O5. The molecule has 2 fully saturated rings. The molecule has 1 N–H and O–H groups in total. The molecule has 7 nitrogen and oxygen atoms in total. The number of hydrogen-bond acceptors (Lipinski definition) is 5. The smallest absolute Gasteiger partial charge is 0.338 e. The van der Waals surface area contributed by atoms with Gasteiger partial charge in [0.2, 0.25) is 11.8 Å². The van der Waals surface area contributed by atoms with Gasteiger partial charge in [0.05, 0.1) is 23.1 Å². The highest BCUT2D eigenvalue weighted by Gasteiger charge is 2.59. The summed E-state index contributed by atoms with van der Waals surface area (Å²) in [5.74, 6) is -1.68. The van der Waals surface area contributed by atoms with Gasteiger partial charge < -0.3 is 10.1 Å². The van der Waals surface area contributed by atoms with Crippen LogP contribution in [-0.2, 0) is 19.1 Å². The normalized spacial score (nSPS) is 24.8. The standard InChI is InChI=1S/C26H24N2O5/c1-14-3-4-15(2)20(11-14)27-21(29)13-33-26(32)16-7-9-19(10-8-16)28-24(30)22-17-5-6-18(12-17)23(22)25(28)31/h3-11,17-18,22-23H,12-13H2,1-2H3,(H,27,29)/t17-,18-,22+,23+/m0/s1. The highest BCUT2D eigenvalue weighted by molar-refractivity contribution is 6.22. The van der Waals surface area contributed by atoms with E-state index in [4.69, 9.17) is 4.74 Å². The number of imide groups is 1. The van der Waals surface area contributed by atoms with Crippen LogP contribution in [-0.4, -0.2) is 30.3 Å². The van der Waals surface area contributed by atoms with E-state index in [1.54, 1.807) is 12.1 Å². The Kier molecular flexibility index (Phi) is 5.12. The molecular weight excluding hydrogens is 420 g/mol. The molecule has 1 saturated carbocycles. The number of esters is 1. The van der Waals surface area contributed by atoms with Crippen LogP contribution < -0.4 is 10.2 Å². The molecule has 0 aromatic heterocycles. The molecule has 33 heavy (non-hydrogen) atoms. The zero-order valence-corrected chi connectivity index (χ0v) is 18.4. The van der Waals surface area contributed by atoms with Crippen molar-refractivity contribution in [2.75, 3.05) is 16.8 Å². The number of hydrogen-bond donors (Lipinski definition) is 1. The molecule has 5 rings (SSSR count). The Bertz CT molecular complexity index is 1170. The lowest BCUT2D eigenvalue weighted by Crippen LogP contribution is -2.32. The number of ether oxygens (including phenoxy) is 1. The molecule has 2 aromatic carbocycles. The summed E-state index contributed by atoms with van der Waals surface area (Å²) >= 11 is 0. The average Bonchev–Trinajstić information content (AvgIpc) is 3.48. The maximum absolute atomic E-state index is 12.9. The first-order valence-corrected chi connectivity index (χ1v) is 11.0. The van der Waals surface area contributed by atoms with Gasteiger partial charge in [0, 0.05) is 5.69 Å². The summed E-state index contributed by atoms with van der Waals surface area (Å²) in [6.45, 7) is 3.39. The van der Waals surface area contributed by atoms with Gasteiger partial charge in [-0.2, -0.15) is 0 Å². The van der Waals surface area contributed by atoms with E-state index in [-0.39, 0.29) is 41.0 Å². The van der Waals surface area contributed by atoms with Crippen LogP contribution >= 0.6 is 0 Å². The Hall–Kier alpha value is -3.74. The molecule has 4 atom stereocenters. The van der Waals surface area contributed by atoms with Crippen molar-refractivity contribution in [3.63, 3.8) is 0 Å². The number of allylic oxidation sites excluding steroid dienone is 2. The van der Waals surface area contributed by atoms with Crippen molar-refractivity contribution in [2.24, 2.45) is 23.7 Å². The van der Waals surface area contributed by atoms with Gasteiger partial charge in [0.15, 0.2) is 6.61 Å². The number of aryl methyl sites for hydroxylation is 2. The first kappa shape index (κ1) is 21.1. The molecule has 0 spiro atoms. The van der Waals surface area contributed by atoms with Crippen LogP contribution in [0.1, 0.15) is 27.9 Å². The number of nitrogens with one attached hydrogen (secondary N) is 1. The Morgan fingerprint density at radius 1 is 0.970 bits per heavy atom. The molecule has 2 bridgehead atoms. The van der Waals surface area contributed by atoms with Gasteiger partial charge in [-0.1, -0.05) is 24.3 Å². The van der Waals surface area contributed by atoms with E-state index in [1.165, 1.54) is 17.0 Å². The number of carbonyl (C=O) groups excluding carboxylic acids is 4. The zero-order valence-electron chi connectivity index (χ0n) is 18.4. The van der Waals surface area contributed by atoms with Crippen molar-refractivity contribution in [1.82, 2.24) is 0 Å². The Morgan fingerprint density at radius 2 is 1.61 bits per heavy atom. The summed E-state index contributed by atoms with van der Waals surface area (Å²) in [6.07, 6.45) is 4.98. The molecule has 2 aromatic rings. The molecule has 1 aliphatic heterocycles.